The Kier molecular flexibility index (Phi) is 11.0. The maximum absolute atomic E-state index is 13.3. The summed E-state index contributed by atoms with van der Waals surface area (Å²) in [7, 11) is 3.39. The molecule has 0 spiro atoms. The summed E-state index contributed by atoms with van der Waals surface area (Å²) in [6.45, 7) is 7.18. The molecule has 0 radical (unpaired) electrons. The molecule has 8 nitrogen and oxygen atoms in total. The van der Waals surface area contributed by atoms with Crippen LogP contribution in [-0.2, 0) is 0 Å². The molecular formula is C38H50N4O4. The molecule has 0 aliphatic carbocycles. The number of unbranched alkanes of at least 4 members (excludes halogenated alkanes) is 7. The molecule has 2 saturated heterocycles. The van der Waals surface area contributed by atoms with Crippen LogP contribution in [0.4, 0.5) is 11.4 Å². The minimum absolute atomic E-state index is 0.0786. The number of amides is 1. The van der Waals surface area contributed by atoms with Crippen molar-refractivity contribution >= 4 is 34.3 Å². The van der Waals surface area contributed by atoms with Gasteiger partial charge in [-0.05, 0) is 91.5 Å². The van der Waals surface area contributed by atoms with E-state index in [-0.39, 0.29) is 11.9 Å². The van der Waals surface area contributed by atoms with Crippen LogP contribution in [0.5, 0.6) is 17.2 Å². The van der Waals surface area contributed by atoms with Crippen molar-refractivity contribution in [2.24, 2.45) is 4.99 Å². The molecule has 8 heteroatoms. The van der Waals surface area contributed by atoms with Gasteiger partial charge in [0.25, 0.3) is 5.91 Å². The van der Waals surface area contributed by atoms with Gasteiger partial charge in [-0.15, -0.1) is 0 Å². The first kappa shape index (κ1) is 32.2. The van der Waals surface area contributed by atoms with Crippen LogP contribution in [-0.4, -0.2) is 88.1 Å². The number of hydrogen-bond donors (Lipinski definition) is 0. The van der Waals surface area contributed by atoms with E-state index in [4.69, 9.17) is 14.2 Å². The summed E-state index contributed by atoms with van der Waals surface area (Å²) in [4.78, 5) is 25.0. The largest absolute Gasteiger partial charge is 0.497 e. The van der Waals surface area contributed by atoms with Crippen LogP contribution < -0.4 is 19.1 Å². The van der Waals surface area contributed by atoms with E-state index in [0.717, 1.165) is 85.7 Å². The van der Waals surface area contributed by atoms with Crippen molar-refractivity contribution in [3.05, 3.63) is 54.1 Å². The summed E-state index contributed by atoms with van der Waals surface area (Å²) in [6.07, 6.45) is 14.0. The average Bonchev–Trinajstić information content (AvgIpc) is 3.53. The highest BCUT2D eigenvalue weighted by Crippen LogP contribution is 2.37. The average molecular weight is 627 g/mol. The number of anilines is 1. The first-order chi connectivity index (χ1) is 22.6. The van der Waals surface area contributed by atoms with Crippen LogP contribution >= 0.6 is 0 Å². The van der Waals surface area contributed by atoms with Crippen LogP contribution in [0.3, 0.4) is 0 Å². The lowest BCUT2D eigenvalue weighted by Gasteiger charge is -2.36. The Labute approximate surface area is 274 Å². The highest BCUT2D eigenvalue weighted by Gasteiger charge is 2.32. The van der Waals surface area contributed by atoms with E-state index < -0.39 is 0 Å². The minimum atomic E-state index is 0.0786. The van der Waals surface area contributed by atoms with Gasteiger partial charge in [-0.25, -0.2) is 0 Å². The van der Waals surface area contributed by atoms with Gasteiger partial charge in [0.2, 0.25) is 0 Å². The van der Waals surface area contributed by atoms with Crippen LogP contribution in [0.25, 0.3) is 10.8 Å². The van der Waals surface area contributed by atoms with Gasteiger partial charge in [-0.1, -0.05) is 38.5 Å². The van der Waals surface area contributed by atoms with Crippen molar-refractivity contribution in [3.8, 4) is 17.2 Å². The van der Waals surface area contributed by atoms with Crippen LogP contribution in [0.1, 0.15) is 74.6 Å². The normalized spacial score (nSPS) is 18.0. The number of piperazine rings is 1. The molecule has 0 aromatic heterocycles. The van der Waals surface area contributed by atoms with E-state index in [1.165, 1.54) is 57.2 Å². The van der Waals surface area contributed by atoms with Gasteiger partial charge >= 0.3 is 0 Å². The van der Waals surface area contributed by atoms with Gasteiger partial charge in [-0.2, -0.15) is 0 Å². The van der Waals surface area contributed by atoms with Crippen molar-refractivity contribution in [3.63, 3.8) is 0 Å². The molecule has 3 aliphatic heterocycles. The van der Waals surface area contributed by atoms with Crippen LogP contribution in [0.15, 0.2) is 53.5 Å². The Hall–Kier alpha value is -3.78. The number of ether oxygens (including phenoxy) is 3. The van der Waals surface area contributed by atoms with Crippen molar-refractivity contribution in [1.82, 2.24) is 9.80 Å². The van der Waals surface area contributed by atoms with Gasteiger partial charge in [0.05, 0.1) is 38.1 Å². The molecule has 0 unspecified atom stereocenters. The fraction of sp³-hybridized carbons (Fsp3) is 0.526. The molecule has 3 aromatic rings. The number of rotatable bonds is 15. The van der Waals surface area contributed by atoms with Crippen molar-refractivity contribution in [2.45, 2.75) is 70.3 Å². The summed E-state index contributed by atoms with van der Waals surface area (Å²) < 4.78 is 17.2. The Bertz CT molecular complexity index is 1480. The van der Waals surface area contributed by atoms with Gasteiger partial charge in [0.1, 0.15) is 5.75 Å². The molecule has 2 fully saturated rings. The van der Waals surface area contributed by atoms with Gasteiger partial charge in [0.15, 0.2) is 11.5 Å². The van der Waals surface area contributed by atoms with E-state index in [2.05, 4.69) is 26.9 Å². The second kappa shape index (κ2) is 15.7. The molecule has 6 rings (SSSR count). The zero-order chi connectivity index (χ0) is 31.7. The Morgan fingerprint density at radius 3 is 2.20 bits per heavy atom. The number of nitrogens with zero attached hydrogens (tertiary/aromatic N) is 4. The third-order valence-electron chi connectivity index (χ3n) is 9.85. The van der Waals surface area contributed by atoms with Crippen LogP contribution in [0.2, 0.25) is 0 Å². The van der Waals surface area contributed by atoms with Crippen molar-refractivity contribution in [1.29, 1.82) is 0 Å². The Morgan fingerprint density at radius 2 is 1.46 bits per heavy atom. The third-order valence-corrected chi connectivity index (χ3v) is 9.85. The number of carbonyl (C=O) groups is 1. The quantitative estimate of drug-likeness (QED) is 0.163. The SMILES string of the molecule is COc1ccc(N2CCN(CCCCCCCCCCOc3cc4cc5c(cc4cc3OC)N=C[C@@H]3CCCN3C5=O)CC2)cc1. The molecule has 0 saturated carbocycles. The maximum atomic E-state index is 13.3. The third kappa shape index (κ3) is 7.77. The van der Waals surface area contributed by atoms with E-state index in [1.54, 1.807) is 14.2 Å². The van der Waals surface area contributed by atoms with Gasteiger partial charge < -0.3 is 24.0 Å². The first-order valence-electron chi connectivity index (χ1n) is 17.4. The van der Waals surface area contributed by atoms with Crippen molar-refractivity contribution in [2.75, 3.05) is 65.0 Å². The zero-order valence-electron chi connectivity index (χ0n) is 27.7. The predicted molar refractivity (Wildman–Crippen MR) is 187 cm³/mol. The minimum Gasteiger partial charge on any atom is -0.497 e. The second-order valence-electron chi connectivity index (χ2n) is 12.9. The monoisotopic (exact) mass is 626 g/mol. The molecule has 46 heavy (non-hydrogen) atoms. The van der Waals surface area contributed by atoms with E-state index in [0.29, 0.717) is 12.2 Å². The molecule has 0 N–H and O–H groups in total. The van der Waals surface area contributed by atoms with Gasteiger partial charge in [-0.3, -0.25) is 14.7 Å². The zero-order valence-corrected chi connectivity index (χ0v) is 27.7. The number of methoxy groups -OCH3 is 2. The molecule has 3 heterocycles. The molecule has 1 atom stereocenters. The molecule has 246 valence electrons. The molecule has 3 aliphatic rings. The summed E-state index contributed by atoms with van der Waals surface area (Å²) in [5.74, 6) is 2.45. The molecule has 0 bridgehead atoms. The first-order valence-corrected chi connectivity index (χ1v) is 17.4. The van der Waals surface area contributed by atoms with Crippen molar-refractivity contribution < 1.29 is 19.0 Å². The summed E-state index contributed by atoms with van der Waals surface area (Å²) in [5, 5.41) is 1.98. The number of fused-ring (bicyclic) bond motifs is 3. The second-order valence-corrected chi connectivity index (χ2v) is 12.9. The fourth-order valence-electron chi connectivity index (χ4n) is 7.07. The smallest absolute Gasteiger partial charge is 0.256 e. The number of carbonyl (C=O) groups excluding carboxylic acids is 1. The molecule has 3 aromatic carbocycles. The van der Waals surface area contributed by atoms with E-state index >= 15 is 0 Å². The summed E-state index contributed by atoms with van der Waals surface area (Å²) in [5.41, 5.74) is 2.71. The molecule has 1 amide bonds. The number of hydrogen-bond acceptors (Lipinski definition) is 7. The topological polar surface area (TPSA) is 66.8 Å². The standard InChI is InChI=1S/C38H50N4O4/c1-44-33-15-13-31(14-16-33)41-21-19-40(20-22-41)17-9-7-5-3-4-6-8-10-23-46-37-27-29-24-34-35(25-30(29)26-36(37)45-2)39-28-32-12-11-18-42(32)38(34)43/h13-16,24-28,32H,3-12,17-23H2,1-2H3/t32-/m0/s1. The van der Waals surface area contributed by atoms with E-state index in [1.807, 2.05) is 47.5 Å². The highest BCUT2D eigenvalue weighted by molar-refractivity contribution is 6.07. The predicted octanol–water partition coefficient (Wildman–Crippen LogP) is 7.50. The lowest BCUT2D eigenvalue weighted by atomic mass is 10.0. The van der Waals surface area contributed by atoms with Crippen LogP contribution in [0, 0.1) is 0 Å². The highest BCUT2D eigenvalue weighted by atomic mass is 16.5. The number of aliphatic imine (C=N–C) groups is 1. The Balaban J connectivity index is 0.852. The molecular weight excluding hydrogens is 576 g/mol. The fourth-order valence-corrected chi connectivity index (χ4v) is 7.07. The summed E-state index contributed by atoms with van der Waals surface area (Å²) >= 11 is 0. The van der Waals surface area contributed by atoms with Gasteiger partial charge in [0, 0.05) is 44.6 Å². The number of benzene rings is 3. The van der Waals surface area contributed by atoms with E-state index in [9.17, 15) is 4.79 Å². The summed E-state index contributed by atoms with van der Waals surface area (Å²) in [6, 6.07) is 16.5. The maximum Gasteiger partial charge on any atom is 0.256 e. The lowest BCUT2D eigenvalue weighted by molar-refractivity contribution is 0.0775. The Morgan fingerprint density at radius 1 is 0.761 bits per heavy atom. The lowest BCUT2D eigenvalue weighted by Crippen LogP contribution is -2.46.